The first kappa shape index (κ1) is 17.0. The lowest BCUT2D eigenvalue weighted by Gasteiger charge is -2.24. The van der Waals surface area contributed by atoms with Crippen LogP contribution in [0.4, 0.5) is 0 Å². The summed E-state index contributed by atoms with van der Waals surface area (Å²) in [4.78, 5) is 0.354. The van der Waals surface area contributed by atoms with Gasteiger partial charge in [0, 0.05) is 6.54 Å². The van der Waals surface area contributed by atoms with Crippen molar-refractivity contribution in [1.82, 2.24) is 4.31 Å². The molecule has 0 radical (unpaired) electrons. The Hall–Kier alpha value is -1.85. The number of hydrogen-bond donors (Lipinski definition) is 0. The zero-order valence-corrected chi connectivity index (χ0v) is 14.9. The van der Waals surface area contributed by atoms with Gasteiger partial charge in [0.15, 0.2) is 0 Å². The van der Waals surface area contributed by atoms with Gasteiger partial charge in [0.05, 0.1) is 10.9 Å². The molecule has 2 aromatic rings. The molecular formula is C19H23NO3S. The molecular weight excluding hydrogens is 322 g/mol. The Bertz CT molecular complexity index is 772. The van der Waals surface area contributed by atoms with Gasteiger partial charge in [-0.2, -0.15) is 4.31 Å². The van der Waals surface area contributed by atoms with Crippen LogP contribution in [0.15, 0.2) is 59.5 Å². The molecule has 1 heterocycles. The average Bonchev–Trinajstić information content (AvgIpc) is 2.96. The van der Waals surface area contributed by atoms with Crippen LogP contribution in [0.3, 0.4) is 0 Å². The molecule has 2 unspecified atom stereocenters. The molecule has 128 valence electrons. The average molecular weight is 345 g/mol. The first-order valence-electron chi connectivity index (χ1n) is 8.23. The second-order valence-corrected chi connectivity index (χ2v) is 8.40. The highest BCUT2D eigenvalue weighted by Crippen LogP contribution is 2.30. The maximum Gasteiger partial charge on any atom is 0.243 e. The van der Waals surface area contributed by atoms with Gasteiger partial charge in [-0.25, -0.2) is 8.42 Å². The van der Waals surface area contributed by atoms with Crippen LogP contribution in [0.5, 0.6) is 5.75 Å². The Kier molecular flexibility index (Phi) is 4.92. The second kappa shape index (κ2) is 6.95. The molecule has 0 aromatic heterocycles. The van der Waals surface area contributed by atoms with Crippen LogP contribution in [0.25, 0.3) is 0 Å². The summed E-state index contributed by atoms with van der Waals surface area (Å²) in [7, 11) is -3.49. The first-order valence-corrected chi connectivity index (χ1v) is 9.67. The number of aryl methyl sites for hydroxylation is 1. The summed E-state index contributed by atoms with van der Waals surface area (Å²) >= 11 is 0. The molecule has 1 fully saturated rings. The summed E-state index contributed by atoms with van der Waals surface area (Å²) in [5, 5.41) is 0. The molecule has 1 aliphatic heterocycles. The third kappa shape index (κ3) is 3.62. The predicted octanol–water partition coefficient (Wildman–Crippen LogP) is 3.47. The van der Waals surface area contributed by atoms with Gasteiger partial charge in [-0.3, -0.25) is 0 Å². The van der Waals surface area contributed by atoms with Crippen molar-refractivity contribution in [3.8, 4) is 5.75 Å². The quantitative estimate of drug-likeness (QED) is 0.833. The van der Waals surface area contributed by atoms with Crippen molar-refractivity contribution in [1.29, 1.82) is 0 Å². The van der Waals surface area contributed by atoms with Crippen LogP contribution in [0.1, 0.15) is 18.9 Å². The van der Waals surface area contributed by atoms with E-state index >= 15 is 0 Å². The van der Waals surface area contributed by atoms with Crippen molar-refractivity contribution in [2.75, 3.05) is 13.2 Å². The highest BCUT2D eigenvalue weighted by Gasteiger charge is 2.38. The Morgan fingerprint density at radius 1 is 1.08 bits per heavy atom. The standard InChI is InChI=1S/C19H23NO3S/c1-15-8-10-19(11-9-15)24(21,22)20-13-16(2)12-17(20)14-23-18-6-4-3-5-7-18/h3-11,16-17H,12-14H2,1-2H3. The van der Waals surface area contributed by atoms with Crippen molar-refractivity contribution in [2.24, 2.45) is 5.92 Å². The van der Waals surface area contributed by atoms with Crippen molar-refractivity contribution in [3.63, 3.8) is 0 Å². The summed E-state index contributed by atoms with van der Waals surface area (Å²) in [6.45, 7) is 4.95. The van der Waals surface area contributed by atoms with E-state index in [0.717, 1.165) is 17.7 Å². The summed E-state index contributed by atoms with van der Waals surface area (Å²) in [6.07, 6.45) is 0.817. The minimum absolute atomic E-state index is 0.133. The fourth-order valence-corrected chi connectivity index (χ4v) is 4.85. The molecule has 2 aromatic carbocycles. The van der Waals surface area contributed by atoms with Crippen LogP contribution in [0.2, 0.25) is 0 Å². The van der Waals surface area contributed by atoms with Crippen LogP contribution in [-0.2, 0) is 10.0 Å². The lowest BCUT2D eigenvalue weighted by molar-refractivity contribution is 0.232. The van der Waals surface area contributed by atoms with Crippen LogP contribution >= 0.6 is 0 Å². The third-order valence-electron chi connectivity index (χ3n) is 4.39. The largest absolute Gasteiger partial charge is 0.492 e. The summed E-state index contributed by atoms with van der Waals surface area (Å²) in [6, 6.07) is 16.4. The van der Waals surface area contributed by atoms with E-state index in [1.165, 1.54) is 0 Å². The fraction of sp³-hybridized carbons (Fsp3) is 0.368. The van der Waals surface area contributed by atoms with Crippen LogP contribution in [0, 0.1) is 12.8 Å². The molecule has 2 atom stereocenters. The first-order chi connectivity index (χ1) is 11.5. The maximum atomic E-state index is 13.0. The van der Waals surface area contributed by atoms with Crippen molar-refractivity contribution in [3.05, 3.63) is 60.2 Å². The smallest absolute Gasteiger partial charge is 0.243 e. The SMILES string of the molecule is Cc1ccc(S(=O)(=O)N2CC(C)CC2COc2ccccc2)cc1. The molecule has 0 aliphatic carbocycles. The lowest BCUT2D eigenvalue weighted by atomic mass is 10.1. The van der Waals surface area contributed by atoms with E-state index in [2.05, 4.69) is 6.92 Å². The van der Waals surface area contributed by atoms with Gasteiger partial charge < -0.3 is 4.74 Å². The van der Waals surface area contributed by atoms with E-state index in [0.29, 0.717) is 24.0 Å². The molecule has 4 nitrogen and oxygen atoms in total. The molecule has 0 N–H and O–H groups in total. The zero-order valence-electron chi connectivity index (χ0n) is 14.1. The van der Waals surface area contributed by atoms with E-state index in [1.54, 1.807) is 16.4 Å². The van der Waals surface area contributed by atoms with Crippen LogP contribution < -0.4 is 4.74 Å². The van der Waals surface area contributed by atoms with Crippen molar-refractivity contribution in [2.45, 2.75) is 31.2 Å². The van der Waals surface area contributed by atoms with Gasteiger partial charge in [-0.15, -0.1) is 0 Å². The number of nitrogens with zero attached hydrogens (tertiary/aromatic N) is 1. The molecule has 5 heteroatoms. The van der Waals surface area contributed by atoms with Gasteiger partial charge in [-0.05, 0) is 43.5 Å². The number of benzene rings is 2. The highest BCUT2D eigenvalue weighted by atomic mass is 32.2. The van der Waals surface area contributed by atoms with Gasteiger partial charge >= 0.3 is 0 Å². The number of hydrogen-bond acceptors (Lipinski definition) is 3. The predicted molar refractivity (Wildman–Crippen MR) is 94.6 cm³/mol. The minimum atomic E-state index is -3.49. The van der Waals surface area contributed by atoms with E-state index < -0.39 is 10.0 Å². The molecule has 0 amide bonds. The number of ether oxygens (including phenoxy) is 1. The Morgan fingerprint density at radius 3 is 2.42 bits per heavy atom. The van der Waals surface area contributed by atoms with Crippen molar-refractivity contribution < 1.29 is 13.2 Å². The summed E-state index contributed by atoms with van der Waals surface area (Å²) in [5.41, 5.74) is 1.05. The number of rotatable bonds is 5. The van der Waals surface area contributed by atoms with Crippen molar-refractivity contribution >= 4 is 10.0 Å². The Balaban J connectivity index is 1.78. The molecule has 1 saturated heterocycles. The lowest BCUT2D eigenvalue weighted by Crippen LogP contribution is -2.39. The third-order valence-corrected chi connectivity index (χ3v) is 6.32. The molecule has 0 spiro atoms. The molecule has 24 heavy (non-hydrogen) atoms. The highest BCUT2D eigenvalue weighted by molar-refractivity contribution is 7.89. The van der Waals surface area contributed by atoms with Crippen LogP contribution in [-0.4, -0.2) is 31.9 Å². The second-order valence-electron chi connectivity index (χ2n) is 6.51. The van der Waals surface area contributed by atoms with Gasteiger partial charge in [0.1, 0.15) is 12.4 Å². The Morgan fingerprint density at radius 2 is 1.75 bits per heavy atom. The molecule has 1 aliphatic rings. The van der Waals surface area contributed by atoms with Gasteiger partial charge in [0.2, 0.25) is 10.0 Å². The maximum absolute atomic E-state index is 13.0. The molecule has 0 bridgehead atoms. The summed E-state index contributed by atoms with van der Waals surface area (Å²) < 4.78 is 33.4. The van der Waals surface area contributed by atoms with Gasteiger partial charge in [0.25, 0.3) is 0 Å². The van der Waals surface area contributed by atoms with E-state index in [1.807, 2.05) is 49.4 Å². The number of para-hydroxylation sites is 1. The minimum Gasteiger partial charge on any atom is -0.492 e. The fourth-order valence-electron chi connectivity index (χ4n) is 3.11. The van der Waals surface area contributed by atoms with E-state index in [-0.39, 0.29) is 6.04 Å². The number of sulfonamides is 1. The molecule has 3 rings (SSSR count). The summed E-state index contributed by atoms with van der Waals surface area (Å²) in [5.74, 6) is 1.10. The zero-order chi connectivity index (χ0) is 17.2. The Labute approximate surface area is 144 Å². The molecule has 0 saturated carbocycles. The topological polar surface area (TPSA) is 46.6 Å². The monoisotopic (exact) mass is 345 g/mol. The van der Waals surface area contributed by atoms with Gasteiger partial charge in [-0.1, -0.05) is 42.8 Å². The van der Waals surface area contributed by atoms with E-state index in [4.69, 9.17) is 4.74 Å². The normalized spacial score (nSPS) is 21.8. The van der Waals surface area contributed by atoms with E-state index in [9.17, 15) is 8.42 Å².